The first kappa shape index (κ1) is 17.8. The Bertz CT molecular complexity index is 517. The minimum absolute atomic E-state index is 0.0538. The van der Waals surface area contributed by atoms with Crippen molar-refractivity contribution in [3.63, 3.8) is 0 Å². The molecule has 122 valence electrons. The molecule has 0 saturated carbocycles. The minimum atomic E-state index is -0.0538. The lowest BCUT2D eigenvalue weighted by Crippen LogP contribution is -2.34. The first-order valence-corrected chi connectivity index (χ1v) is 6.91. The number of amides is 1. The summed E-state index contributed by atoms with van der Waals surface area (Å²) in [6.07, 6.45) is 1.65. The largest absolute Gasteiger partial charge is 0.493 e. The molecule has 0 unspecified atom stereocenters. The van der Waals surface area contributed by atoms with Crippen LogP contribution < -0.4 is 19.5 Å². The van der Waals surface area contributed by atoms with Crippen LogP contribution in [0.15, 0.2) is 24.8 Å². The Hall–Kier alpha value is -2.21. The average Bonchev–Trinajstić information content (AvgIpc) is 2.51. The van der Waals surface area contributed by atoms with Gasteiger partial charge in [0.25, 0.3) is 0 Å². The van der Waals surface area contributed by atoms with E-state index in [9.17, 15) is 4.79 Å². The maximum Gasteiger partial charge on any atom is 0.234 e. The Balaban J connectivity index is 2.84. The molecule has 0 spiro atoms. The van der Waals surface area contributed by atoms with Crippen LogP contribution >= 0.6 is 0 Å². The van der Waals surface area contributed by atoms with Gasteiger partial charge in [-0.2, -0.15) is 0 Å². The van der Waals surface area contributed by atoms with E-state index in [4.69, 9.17) is 14.2 Å². The van der Waals surface area contributed by atoms with Gasteiger partial charge in [-0.25, -0.2) is 0 Å². The molecule has 1 aromatic rings. The number of hydrogen-bond acceptors (Lipinski definition) is 5. The van der Waals surface area contributed by atoms with Crippen LogP contribution in [-0.2, 0) is 11.3 Å². The Morgan fingerprint density at radius 1 is 1.23 bits per heavy atom. The Morgan fingerprint density at radius 3 is 2.45 bits per heavy atom. The van der Waals surface area contributed by atoms with Crippen molar-refractivity contribution in [3.8, 4) is 17.2 Å². The van der Waals surface area contributed by atoms with E-state index in [2.05, 4.69) is 11.9 Å². The summed E-state index contributed by atoms with van der Waals surface area (Å²) >= 11 is 0. The predicted molar refractivity (Wildman–Crippen MR) is 85.6 cm³/mol. The second-order valence-electron chi connectivity index (χ2n) is 4.76. The second kappa shape index (κ2) is 8.94. The van der Waals surface area contributed by atoms with Crippen LogP contribution in [0, 0.1) is 0 Å². The molecule has 0 aliphatic heterocycles. The second-order valence-corrected chi connectivity index (χ2v) is 4.76. The lowest BCUT2D eigenvalue weighted by Gasteiger charge is -2.20. The molecule has 22 heavy (non-hydrogen) atoms. The normalized spacial score (nSPS) is 10.2. The van der Waals surface area contributed by atoms with E-state index < -0.39 is 0 Å². The van der Waals surface area contributed by atoms with Crippen molar-refractivity contribution in [1.29, 1.82) is 0 Å². The molecule has 0 heterocycles. The van der Waals surface area contributed by atoms with Gasteiger partial charge >= 0.3 is 0 Å². The van der Waals surface area contributed by atoms with Gasteiger partial charge in [0, 0.05) is 18.7 Å². The number of carbonyl (C=O) groups is 1. The lowest BCUT2D eigenvalue weighted by atomic mass is 10.1. The number of nitrogens with one attached hydrogen (secondary N) is 1. The summed E-state index contributed by atoms with van der Waals surface area (Å²) in [4.78, 5) is 13.6. The van der Waals surface area contributed by atoms with Gasteiger partial charge in [0.05, 0.1) is 27.9 Å². The number of nitrogens with zero attached hydrogens (tertiary/aromatic N) is 1. The van der Waals surface area contributed by atoms with Crippen molar-refractivity contribution in [2.75, 3.05) is 41.5 Å². The van der Waals surface area contributed by atoms with Crippen LogP contribution in [-0.4, -0.2) is 52.3 Å². The fourth-order valence-electron chi connectivity index (χ4n) is 2.12. The zero-order valence-electron chi connectivity index (χ0n) is 13.6. The molecule has 0 bridgehead atoms. The van der Waals surface area contributed by atoms with Crippen LogP contribution in [0.1, 0.15) is 5.56 Å². The van der Waals surface area contributed by atoms with E-state index in [-0.39, 0.29) is 12.5 Å². The van der Waals surface area contributed by atoms with E-state index in [1.54, 1.807) is 27.4 Å². The van der Waals surface area contributed by atoms with Crippen LogP contribution in [0.2, 0.25) is 0 Å². The van der Waals surface area contributed by atoms with Crippen LogP contribution in [0.4, 0.5) is 0 Å². The molecule has 0 aromatic heterocycles. The Labute approximate surface area is 131 Å². The number of likely N-dealkylation sites (N-methyl/N-ethyl adjacent to an activating group) is 1. The van der Waals surface area contributed by atoms with Gasteiger partial charge in [0.1, 0.15) is 0 Å². The fraction of sp³-hybridized carbons (Fsp3) is 0.438. The third kappa shape index (κ3) is 4.66. The fourth-order valence-corrected chi connectivity index (χ4v) is 2.12. The molecule has 1 aromatic carbocycles. The molecular formula is C16H24N2O4. The van der Waals surface area contributed by atoms with Crippen LogP contribution in [0.5, 0.6) is 17.2 Å². The first-order valence-electron chi connectivity index (χ1n) is 6.91. The number of hydrogen-bond donors (Lipinski definition) is 1. The van der Waals surface area contributed by atoms with E-state index in [1.807, 2.05) is 24.1 Å². The zero-order chi connectivity index (χ0) is 16.5. The van der Waals surface area contributed by atoms with Gasteiger partial charge < -0.3 is 19.5 Å². The standard InChI is InChI=1S/C16H24N2O4/c1-6-9-17-14(19)11-18(2)10-12-7-8-13(20-3)16(22-5)15(12)21-4/h6-8H,1,9-11H2,2-5H3,(H,17,19). The minimum Gasteiger partial charge on any atom is -0.493 e. The van der Waals surface area contributed by atoms with Crippen molar-refractivity contribution in [2.45, 2.75) is 6.54 Å². The highest BCUT2D eigenvalue weighted by Crippen LogP contribution is 2.40. The molecule has 1 rings (SSSR count). The van der Waals surface area contributed by atoms with Gasteiger partial charge in [-0.1, -0.05) is 12.1 Å². The number of ether oxygens (including phenoxy) is 3. The smallest absolute Gasteiger partial charge is 0.234 e. The molecule has 6 nitrogen and oxygen atoms in total. The summed E-state index contributed by atoms with van der Waals surface area (Å²) in [7, 11) is 6.59. The van der Waals surface area contributed by atoms with Crippen molar-refractivity contribution in [3.05, 3.63) is 30.4 Å². The quantitative estimate of drug-likeness (QED) is 0.700. The van der Waals surface area contributed by atoms with Gasteiger partial charge in [0.2, 0.25) is 11.7 Å². The van der Waals surface area contributed by atoms with Gasteiger partial charge in [0.15, 0.2) is 11.5 Å². The molecule has 0 atom stereocenters. The number of carbonyl (C=O) groups excluding carboxylic acids is 1. The van der Waals surface area contributed by atoms with E-state index in [0.29, 0.717) is 30.3 Å². The molecule has 0 aliphatic carbocycles. The predicted octanol–water partition coefficient (Wildman–Crippen LogP) is 1.45. The van der Waals surface area contributed by atoms with Crippen molar-refractivity contribution in [2.24, 2.45) is 0 Å². The third-order valence-electron chi connectivity index (χ3n) is 3.08. The summed E-state index contributed by atoms with van der Waals surface area (Å²) in [5.74, 6) is 1.71. The highest BCUT2D eigenvalue weighted by molar-refractivity contribution is 5.78. The van der Waals surface area contributed by atoms with E-state index in [0.717, 1.165) is 5.56 Å². The molecule has 0 saturated heterocycles. The SMILES string of the molecule is C=CCNC(=O)CN(C)Cc1ccc(OC)c(OC)c1OC. The van der Waals surface area contributed by atoms with E-state index in [1.165, 1.54) is 0 Å². The maximum atomic E-state index is 11.7. The molecule has 0 fully saturated rings. The summed E-state index contributed by atoms with van der Waals surface area (Å²) in [5, 5.41) is 2.74. The first-order chi connectivity index (χ1) is 10.6. The summed E-state index contributed by atoms with van der Waals surface area (Å²) < 4.78 is 16.0. The monoisotopic (exact) mass is 308 g/mol. The number of methoxy groups -OCH3 is 3. The molecule has 0 aliphatic rings. The summed E-state index contributed by atoms with van der Waals surface area (Å²) in [5.41, 5.74) is 0.916. The van der Waals surface area contributed by atoms with Crippen molar-refractivity contribution in [1.82, 2.24) is 10.2 Å². The maximum absolute atomic E-state index is 11.7. The van der Waals surface area contributed by atoms with Gasteiger partial charge in [-0.3, -0.25) is 9.69 Å². The van der Waals surface area contributed by atoms with E-state index >= 15 is 0 Å². The van der Waals surface area contributed by atoms with Crippen molar-refractivity contribution < 1.29 is 19.0 Å². The Kier molecular flexibility index (Phi) is 7.25. The lowest BCUT2D eigenvalue weighted by molar-refractivity contribution is -0.121. The molecule has 0 radical (unpaired) electrons. The van der Waals surface area contributed by atoms with Gasteiger partial charge in [-0.05, 0) is 13.1 Å². The summed E-state index contributed by atoms with van der Waals surface area (Å²) in [6, 6.07) is 3.72. The van der Waals surface area contributed by atoms with Crippen LogP contribution in [0.25, 0.3) is 0 Å². The number of benzene rings is 1. The van der Waals surface area contributed by atoms with Gasteiger partial charge in [-0.15, -0.1) is 6.58 Å². The molecule has 6 heteroatoms. The third-order valence-corrected chi connectivity index (χ3v) is 3.08. The molecule has 1 amide bonds. The van der Waals surface area contributed by atoms with Crippen LogP contribution in [0.3, 0.4) is 0 Å². The molecular weight excluding hydrogens is 284 g/mol. The zero-order valence-corrected chi connectivity index (χ0v) is 13.6. The highest BCUT2D eigenvalue weighted by Gasteiger charge is 2.17. The Morgan fingerprint density at radius 2 is 1.91 bits per heavy atom. The van der Waals surface area contributed by atoms with Crippen molar-refractivity contribution >= 4 is 5.91 Å². The highest BCUT2D eigenvalue weighted by atomic mass is 16.5. The average molecular weight is 308 g/mol. The summed E-state index contributed by atoms with van der Waals surface area (Å²) in [6.45, 7) is 4.86. The molecule has 1 N–H and O–H groups in total. The topological polar surface area (TPSA) is 60.0 Å². The number of rotatable bonds is 9.